The van der Waals surface area contributed by atoms with Gasteiger partial charge in [0.15, 0.2) is 17.4 Å². The number of aromatic nitrogens is 3. The Kier molecular flexibility index (Phi) is 32.3. The van der Waals surface area contributed by atoms with E-state index in [1.165, 1.54) is 45.5 Å². The Morgan fingerprint density at radius 2 is 1.40 bits per heavy atom. The van der Waals surface area contributed by atoms with Crippen molar-refractivity contribution in [1.29, 1.82) is 0 Å². The van der Waals surface area contributed by atoms with Crippen molar-refractivity contribution in [3.05, 3.63) is 78.0 Å². The minimum absolute atomic E-state index is 0.0382. The summed E-state index contributed by atoms with van der Waals surface area (Å²) in [5, 5.41) is 6.72. The first-order valence-electron chi connectivity index (χ1n) is 22.3. The second-order valence-electron chi connectivity index (χ2n) is 13.7. The van der Waals surface area contributed by atoms with Crippen molar-refractivity contribution in [2.75, 3.05) is 56.7 Å². The van der Waals surface area contributed by atoms with Gasteiger partial charge >= 0.3 is 0 Å². The molecule has 2 fully saturated rings. The largest absolute Gasteiger partial charge is 0.435 e. The Balaban J connectivity index is 0. The molecule has 63 heavy (non-hydrogen) atoms. The minimum Gasteiger partial charge on any atom is -0.435 e. The standard InChI is InChI=1S/C27H26F3N7O2.C5H10F2.C4H10.C4H8.C3H8.2C2H6.CH3F/c1-16-12-19-20(34-16)6-7-21(23(19)28)39-25-22(26(38)37-13-27(29,30)14-37)24(32-15-33-25)35-17-2-4-18(5-3-17)36-10-8-31-9-11-36;1-3-5(6,7)4-2;2*1-3-4-2;1-3-2;3*1-2/h2-7,12,15,31,34H,8-11,13-14H2,1H3,(H,32,33,35);3-4H2,1-2H3;3-4H2,1-2H3;3-4H,1-2H3;3H2,1-2H3;2*1-2H3;1H3/b;;;4-3+;;;;. The topological polar surface area (TPSA) is 98.4 Å². The number of hydrogen-bond acceptors (Lipinski definition) is 7. The lowest BCUT2D eigenvalue weighted by atomic mass is 10.1. The first-order chi connectivity index (χ1) is 30.1. The predicted molar refractivity (Wildman–Crippen MR) is 253 cm³/mol. The fourth-order valence-electron chi connectivity index (χ4n) is 5.08. The maximum absolute atomic E-state index is 15.3. The lowest BCUT2D eigenvalue weighted by Crippen LogP contribution is -2.58. The zero-order chi connectivity index (χ0) is 48.6. The number of rotatable bonds is 9. The number of fused-ring (bicyclic) bond motifs is 1. The molecule has 0 spiro atoms. The smallest absolute Gasteiger partial charge is 0.282 e. The number of hydrogen-bond donors (Lipinski definition) is 3. The lowest BCUT2D eigenvalue weighted by Gasteiger charge is -2.38. The Labute approximate surface area is 374 Å². The zero-order valence-electron chi connectivity index (χ0n) is 40.4. The van der Waals surface area contributed by atoms with Crippen LogP contribution in [0.4, 0.5) is 43.5 Å². The molecule has 9 nitrogen and oxygen atoms in total. The molecule has 2 aromatic carbocycles. The average Bonchev–Trinajstić information content (AvgIpc) is 3.70. The monoisotopic (exact) mass is 898 g/mol. The van der Waals surface area contributed by atoms with E-state index < -0.39 is 36.7 Å². The van der Waals surface area contributed by atoms with Crippen LogP contribution < -0.4 is 20.3 Å². The highest BCUT2D eigenvalue weighted by molar-refractivity contribution is 6.02. The molecule has 2 aliphatic heterocycles. The van der Waals surface area contributed by atoms with Crippen molar-refractivity contribution in [3.63, 3.8) is 0 Å². The number of piperazine rings is 1. The summed E-state index contributed by atoms with van der Waals surface area (Å²) in [5.41, 5.74) is 2.87. The first kappa shape index (κ1) is 60.3. The number of alkyl halides is 5. The molecule has 1 amide bonds. The molecule has 4 heterocycles. The van der Waals surface area contributed by atoms with E-state index in [-0.39, 0.29) is 35.9 Å². The third-order valence-corrected chi connectivity index (χ3v) is 8.68. The van der Waals surface area contributed by atoms with Crippen LogP contribution >= 0.6 is 0 Å². The van der Waals surface area contributed by atoms with Crippen LogP contribution in [0.25, 0.3) is 10.9 Å². The fraction of sp³-hybridized carbons (Fsp3) is 0.562. The van der Waals surface area contributed by atoms with Crippen molar-refractivity contribution < 1.29 is 35.9 Å². The molecule has 0 saturated carbocycles. The van der Waals surface area contributed by atoms with Gasteiger partial charge in [-0.15, -0.1) is 0 Å². The Hall–Kier alpha value is -4.79. The van der Waals surface area contributed by atoms with Gasteiger partial charge < -0.3 is 30.2 Å². The van der Waals surface area contributed by atoms with Crippen molar-refractivity contribution >= 4 is 34.0 Å². The zero-order valence-corrected chi connectivity index (χ0v) is 40.4. The number of ether oxygens (including phenoxy) is 1. The normalized spacial score (nSPS) is 13.3. The number of H-pyrrole nitrogens is 1. The number of carbonyl (C=O) groups excluding carboxylic acids is 1. The van der Waals surface area contributed by atoms with Crippen LogP contribution in [0.5, 0.6) is 11.6 Å². The molecule has 2 aromatic heterocycles. The summed E-state index contributed by atoms with van der Waals surface area (Å²) in [4.78, 5) is 28.0. The summed E-state index contributed by atoms with van der Waals surface area (Å²) in [5.74, 6) is -7.10. The van der Waals surface area contributed by atoms with Gasteiger partial charge in [0.2, 0.25) is 11.8 Å². The van der Waals surface area contributed by atoms with E-state index in [4.69, 9.17) is 4.74 Å². The van der Waals surface area contributed by atoms with E-state index in [0.717, 1.165) is 42.5 Å². The Bertz CT molecular complexity index is 1800. The summed E-state index contributed by atoms with van der Waals surface area (Å²) in [6.45, 7) is 27.5. The van der Waals surface area contributed by atoms with Crippen molar-refractivity contribution in [1.82, 2.24) is 25.2 Å². The Morgan fingerprint density at radius 3 is 1.84 bits per heavy atom. The molecular weight excluding hydrogens is 821 g/mol. The summed E-state index contributed by atoms with van der Waals surface area (Å²) >= 11 is 0. The SMILES string of the molecule is C/C=C/C.CC.CC.CCC.CCC(F)(F)CC.CCCC.CF.Cc1cc2c(F)c(Oc3ncnc(Nc4ccc(N5CCNCC5)cc4)c3C(=O)N3CC(F)(F)C3)ccc2[nH]1. The number of allylic oxidation sites excluding steroid dienone is 2. The third kappa shape index (κ3) is 21.4. The second kappa shape index (κ2) is 33.7. The van der Waals surface area contributed by atoms with E-state index in [2.05, 4.69) is 58.2 Å². The van der Waals surface area contributed by atoms with Crippen molar-refractivity contribution in [2.24, 2.45) is 0 Å². The number of anilines is 3. The van der Waals surface area contributed by atoms with Gasteiger partial charge in [-0.1, -0.05) is 101 Å². The molecule has 2 saturated heterocycles. The van der Waals surface area contributed by atoms with Crippen molar-refractivity contribution in [3.8, 4) is 11.6 Å². The molecule has 2 aliphatic rings. The maximum atomic E-state index is 15.3. The molecule has 0 atom stereocenters. The van der Waals surface area contributed by atoms with Gasteiger partial charge in [-0.05, 0) is 63.2 Å². The molecule has 0 radical (unpaired) electrons. The van der Waals surface area contributed by atoms with Crippen LogP contribution in [-0.2, 0) is 0 Å². The van der Waals surface area contributed by atoms with E-state index in [9.17, 15) is 26.7 Å². The van der Waals surface area contributed by atoms with Gasteiger partial charge in [-0.3, -0.25) is 9.18 Å². The number of nitrogens with zero attached hydrogens (tertiary/aromatic N) is 4. The fourth-order valence-corrected chi connectivity index (χ4v) is 5.08. The first-order valence-corrected chi connectivity index (χ1v) is 22.3. The summed E-state index contributed by atoms with van der Waals surface area (Å²) < 4.78 is 81.6. The van der Waals surface area contributed by atoms with Gasteiger partial charge in [0.1, 0.15) is 11.9 Å². The molecule has 15 heteroatoms. The van der Waals surface area contributed by atoms with Crippen LogP contribution in [0.3, 0.4) is 0 Å². The minimum atomic E-state index is -2.97. The number of halogens is 6. The van der Waals surface area contributed by atoms with Crippen LogP contribution in [0.1, 0.15) is 131 Å². The van der Waals surface area contributed by atoms with Gasteiger partial charge in [-0.2, -0.15) is 0 Å². The highest BCUT2D eigenvalue weighted by Crippen LogP contribution is 2.36. The van der Waals surface area contributed by atoms with Gasteiger partial charge in [0.25, 0.3) is 11.8 Å². The van der Waals surface area contributed by atoms with Crippen LogP contribution in [0.15, 0.2) is 60.9 Å². The van der Waals surface area contributed by atoms with Gasteiger partial charge in [0, 0.05) is 67.0 Å². The summed E-state index contributed by atoms with van der Waals surface area (Å²) in [6.07, 6.45) is 8.98. The van der Waals surface area contributed by atoms with E-state index in [1.54, 1.807) is 19.1 Å². The number of aryl methyl sites for hydroxylation is 1. The molecule has 0 bridgehead atoms. The summed E-state index contributed by atoms with van der Waals surface area (Å²) in [7, 11) is 0.500. The molecule has 0 unspecified atom stereocenters. The van der Waals surface area contributed by atoms with E-state index >= 15 is 4.39 Å². The maximum Gasteiger partial charge on any atom is 0.282 e. The quantitative estimate of drug-likeness (QED) is 0.114. The molecule has 0 aliphatic carbocycles. The predicted octanol–water partition coefficient (Wildman–Crippen LogP) is 14.3. The highest BCUT2D eigenvalue weighted by Gasteiger charge is 2.47. The highest BCUT2D eigenvalue weighted by atomic mass is 19.3. The second-order valence-corrected chi connectivity index (χ2v) is 13.7. The molecule has 3 N–H and O–H groups in total. The summed E-state index contributed by atoms with van der Waals surface area (Å²) in [6, 6.07) is 12.3. The number of nitrogens with one attached hydrogen (secondary N) is 3. The number of carbonyl (C=O) groups is 1. The third-order valence-electron chi connectivity index (χ3n) is 8.68. The van der Waals surface area contributed by atoms with Crippen molar-refractivity contribution in [2.45, 2.75) is 134 Å². The number of likely N-dealkylation sites (tertiary alicyclic amines) is 1. The van der Waals surface area contributed by atoms with Gasteiger partial charge in [-0.25, -0.2) is 31.9 Å². The van der Waals surface area contributed by atoms with Crippen LogP contribution in [-0.4, -0.2) is 84.1 Å². The lowest BCUT2D eigenvalue weighted by molar-refractivity contribution is -0.113. The van der Waals surface area contributed by atoms with E-state index in [0.29, 0.717) is 23.8 Å². The van der Waals surface area contributed by atoms with Crippen LogP contribution in [0, 0.1) is 12.7 Å². The Morgan fingerprint density at radius 1 is 0.873 bits per heavy atom. The average molecular weight is 898 g/mol. The number of amides is 1. The molecule has 6 rings (SSSR count). The van der Waals surface area contributed by atoms with Crippen LogP contribution in [0.2, 0.25) is 0 Å². The molecule has 4 aromatic rings. The van der Waals surface area contributed by atoms with Gasteiger partial charge in [0.05, 0.1) is 20.3 Å². The molecular formula is C48H77F6N7O2. The molecule has 358 valence electrons. The number of benzene rings is 2. The number of aromatic amines is 1. The van der Waals surface area contributed by atoms with E-state index in [1.807, 2.05) is 78.0 Å². The number of unbranched alkanes of at least 4 members (excludes halogenated alkanes) is 1.